The fourth-order valence-corrected chi connectivity index (χ4v) is 2.12. The number of esters is 1. The lowest BCUT2D eigenvalue weighted by molar-refractivity contribution is 0.0599. The highest BCUT2D eigenvalue weighted by atomic mass is 79.9. The van der Waals surface area contributed by atoms with Crippen molar-refractivity contribution in [2.75, 3.05) is 7.11 Å². The Morgan fingerprint density at radius 3 is 2.73 bits per heavy atom. The van der Waals surface area contributed by atoms with Crippen LogP contribution in [-0.4, -0.2) is 13.1 Å². The van der Waals surface area contributed by atoms with Crippen LogP contribution < -0.4 is 0 Å². The Bertz CT molecular complexity index is 438. The van der Waals surface area contributed by atoms with E-state index in [4.69, 9.17) is 5.26 Å². The van der Waals surface area contributed by atoms with Gasteiger partial charge in [-0.05, 0) is 27.6 Å². The van der Waals surface area contributed by atoms with E-state index in [1.54, 1.807) is 12.1 Å². The lowest BCUT2D eigenvalue weighted by Gasteiger charge is -2.07. The second-order valence-corrected chi connectivity index (χ2v) is 4.11. The van der Waals surface area contributed by atoms with Crippen LogP contribution in [0, 0.1) is 11.3 Å². The number of nitrogens with zero attached hydrogens (tertiary/aromatic N) is 1. The van der Waals surface area contributed by atoms with Crippen molar-refractivity contribution >= 4 is 37.8 Å². The van der Waals surface area contributed by atoms with E-state index in [9.17, 15) is 4.79 Å². The lowest BCUT2D eigenvalue weighted by atomic mass is 10.0. The first kappa shape index (κ1) is 12.2. The molecule has 0 aliphatic rings. The van der Waals surface area contributed by atoms with Crippen molar-refractivity contribution in [3.8, 4) is 6.07 Å². The molecule has 0 N–H and O–H groups in total. The molecule has 0 unspecified atom stereocenters. The van der Waals surface area contributed by atoms with E-state index < -0.39 is 5.97 Å². The average Bonchev–Trinajstić information content (AvgIpc) is 2.27. The van der Waals surface area contributed by atoms with Gasteiger partial charge in [0.1, 0.15) is 6.07 Å². The van der Waals surface area contributed by atoms with Crippen molar-refractivity contribution in [1.29, 1.82) is 5.26 Å². The molecular formula is C10H7Br2NO2. The summed E-state index contributed by atoms with van der Waals surface area (Å²) in [5.41, 5.74) is 1.38. The van der Waals surface area contributed by atoms with Gasteiger partial charge < -0.3 is 4.74 Å². The van der Waals surface area contributed by atoms with Crippen molar-refractivity contribution < 1.29 is 9.53 Å². The minimum absolute atomic E-state index is 0.275. The summed E-state index contributed by atoms with van der Waals surface area (Å²) < 4.78 is 5.19. The first-order chi connectivity index (χ1) is 7.15. The fraction of sp³-hybridized carbons (Fsp3) is 0.200. The summed E-state index contributed by atoms with van der Waals surface area (Å²) in [5.74, 6) is -0.513. The van der Waals surface area contributed by atoms with Crippen LogP contribution in [0.15, 0.2) is 16.6 Å². The second kappa shape index (κ2) is 5.29. The molecule has 0 saturated carbocycles. The van der Waals surface area contributed by atoms with Gasteiger partial charge in [-0.1, -0.05) is 22.0 Å². The SMILES string of the molecule is COC(=O)c1c(Br)ccc(CBr)c1C#N. The number of ether oxygens (including phenoxy) is 1. The number of carbonyl (C=O) groups excluding carboxylic acids is 1. The summed E-state index contributed by atoms with van der Waals surface area (Å²) in [6, 6.07) is 5.52. The molecule has 0 spiro atoms. The number of halogens is 2. The quantitative estimate of drug-likeness (QED) is 0.618. The molecule has 5 heteroatoms. The summed E-state index contributed by atoms with van der Waals surface area (Å²) in [5, 5.41) is 9.52. The maximum absolute atomic E-state index is 11.5. The van der Waals surface area contributed by atoms with Crippen LogP contribution in [0.25, 0.3) is 0 Å². The Morgan fingerprint density at radius 2 is 2.27 bits per heavy atom. The monoisotopic (exact) mass is 331 g/mol. The predicted molar refractivity (Wildman–Crippen MR) is 62.8 cm³/mol. The third kappa shape index (κ3) is 2.39. The van der Waals surface area contributed by atoms with E-state index in [0.717, 1.165) is 5.56 Å². The van der Waals surface area contributed by atoms with Crippen LogP contribution in [0.5, 0.6) is 0 Å². The summed E-state index contributed by atoms with van der Waals surface area (Å²) in [6.07, 6.45) is 0. The molecular weight excluding hydrogens is 326 g/mol. The zero-order valence-corrected chi connectivity index (χ0v) is 11.1. The van der Waals surface area contributed by atoms with Crippen molar-refractivity contribution in [1.82, 2.24) is 0 Å². The van der Waals surface area contributed by atoms with Crippen molar-refractivity contribution in [3.63, 3.8) is 0 Å². The average molecular weight is 333 g/mol. The summed E-state index contributed by atoms with van der Waals surface area (Å²) in [6.45, 7) is 0. The highest BCUT2D eigenvalue weighted by Gasteiger charge is 2.18. The van der Waals surface area contributed by atoms with Gasteiger partial charge in [0.2, 0.25) is 0 Å². The Hall–Kier alpha value is -0.860. The molecule has 0 aliphatic carbocycles. The normalized spacial score (nSPS) is 9.47. The number of hydrogen-bond donors (Lipinski definition) is 0. The van der Waals surface area contributed by atoms with Gasteiger partial charge in [-0.25, -0.2) is 4.79 Å². The third-order valence-corrected chi connectivity index (χ3v) is 3.15. The van der Waals surface area contributed by atoms with Crippen LogP contribution in [0.3, 0.4) is 0 Å². The number of nitriles is 1. The molecule has 3 nitrogen and oxygen atoms in total. The fourth-order valence-electron chi connectivity index (χ4n) is 1.16. The standard InChI is InChI=1S/C10H7Br2NO2/c1-15-10(14)9-7(5-13)6(4-11)2-3-8(9)12/h2-3H,4H2,1H3. The largest absolute Gasteiger partial charge is 0.465 e. The van der Waals surface area contributed by atoms with Gasteiger partial charge in [-0.3, -0.25) is 0 Å². The molecule has 0 atom stereocenters. The zero-order valence-electron chi connectivity index (χ0n) is 7.88. The molecule has 0 saturated heterocycles. The minimum atomic E-state index is -0.513. The topological polar surface area (TPSA) is 50.1 Å². The lowest BCUT2D eigenvalue weighted by Crippen LogP contribution is -2.07. The van der Waals surface area contributed by atoms with Gasteiger partial charge in [-0.2, -0.15) is 5.26 Å². The Morgan fingerprint density at radius 1 is 1.60 bits per heavy atom. The molecule has 78 valence electrons. The van der Waals surface area contributed by atoms with Gasteiger partial charge in [-0.15, -0.1) is 0 Å². The molecule has 0 bridgehead atoms. The molecule has 0 aromatic heterocycles. The van der Waals surface area contributed by atoms with Gasteiger partial charge in [0.05, 0.1) is 18.2 Å². The van der Waals surface area contributed by atoms with Crippen molar-refractivity contribution in [2.45, 2.75) is 5.33 Å². The molecule has 0 fully saturated rings. The number of hydrogen-bond acceptors (Lipinski definition) is 3. The smallest absolute Gasteiger partial charge is 0.340 e. The van der Waals surface area contributed by atoms with Crippen LogP contribution in [0.4, 0.5) is 0 Å². The summed E-state index contributed by atoms with van der Waals surface area (Å²) in [4.78, 5) is 11.5. The van der Waals surface area contributed by atoms with E-state index in [-0.39, 0.29) is 5.56 Å². The Kier molecular flexibility index (Phi) is 4.30. The number of methoxy groups -OCH3 is 1. The van der Waals surface area contributed by atoms with Gasteiger partial charge in [0, 0.05) is 9.80 Å². The molecule has 1 rings (SSSR count). The number of carbonyl (C=O) groups is 1. The maximum Gasteiger partial charge on any atom is 0.340 e. The van der Waals surface area contributed by atoms with E-state index in [2.05, 4.69) is 36.6 Å². The number of benzene rings is 1. The molecule has 0 heterocycles. The predicted octanol–water partition coefficient (Wildman–Crippen LogP) is 3.00. The number of alkyl halides is 1. The highest BCUT2D eigenvalue weighted by molar-refractivity contribution is 9.10. The maximum atomic E-state index is 11.5. The molecule has 0 amide bonds. The number of rotatable bonds is 2. The third-order valence-electron chi connectivity index (χ3n) is 1.89. The Labute approximate surface area is 104 Å². The second-order valence-electron chi connectivity index (χ2n) is 2.69. The van der Waals surface area contributed by atoms with Crippen LogP contribution >= 0.6 is 31.9 Å². The van der Waals surface area contributed by atoms with Gasteiger partial charge in [0.15, 0.2) is 0 Å². The van der Waals surface area contributed by atoms with Crippen molar-refractivity contribution in [2.24, 2.45) is 0 Å². The van der Waals surface area contributed by atoms with Gasteiger partial charge in [0.25, 0.3) is 0 Å². The zero-order chi connectivity index (χ0) is 11.4. The molecule has 0 aliphatic heterocycles. The van der Waals surface area contributed by atoms with Gasteiger partial charge >= 0.3 is 5.97 Å². The first-order valence-corrected chi connectivity index (χ1v) is 5.93. The van der Waals surface area contributed by atoms with Crippen LogP contribution in [0.1, 0.15) is 21.5 Å². The first-order valence-electron chi connectivity index (χ1n) is 4.01. The summed E-state index contributed by atoms with van der Waals surface area (Å²) in [7, 11) is 1.29. The molecule has 1 aromatic carbocycles. The van der Waals surface area contributed by atoms with Crippen LogP contribution in [-0.2, 0) is 10.1 Å². The van der Waals surface area contributed by atoms with E-state index in [1.165, 1.54) is 7.11 Å². The van der Waals surface area contributed by atoms with Crippen molar-refractivity contribution in [3.05, 3.63) is 33.3 Å². The summed E-state index contributed by atoms with van der Waals surface area (Å²) >= 11 is 6.49. The van der Waals surface area contributed by atoms with E-state index in [0.29, 0.717) is 15.4 Å². The Balaban J connectivity index is 3.47. The van der Waals surface area contributed by atoms with E-state index >= 15 is 0 Å². The molecule has 0 radical (unpaired) electrons. The molecule has 1 aromatic rings. The van der Waals surface area contributed by atoms with E-state index in [1.807, 2.05) is 6.07 Å². The minimum Gasteiger partial charge on any atom is -0.465 e. The highest BCUT2D eigenvalue weighted by Crippen LogP contribution is 2.25. The molecule has 15 heavy (non-hydrogen) atoms. The van der Waals surface area contributed by atoms with Crippen LogP contribution in [0.2, 0.25) is 0 Å².